The molecule has 23 heavy (non-hydrogen) atoms. The number of rotatable bonds is 4. The largest absolute Gasteiger partial charge is 0.481 e. The van der Waals surface area contributed by atoms with Crippen LogP contribution < -0.4 is 0 Å². The molecule has 2 heterocycles. The molecule has 1 N–H and O–H groups in total. The van der Waals surface area contributed by atoms with Gasteiger partial charge in [-0.3, -0.25) is 9.59 Å². The minimum atomic E-state index is -4.55. The summed E-state index contributed by atoms with van der Waals surface area (Å²) in [5.74, 6) is -1.46. The van der Waals surface area contributed by atoms with Gasteiger partial charge in [0.05, 0.1) is 11.3 Å². The smallest absolute Gasteiger partial charge is 0.433 e. The molecule has 0 atom stereocenters. The highest BCUT2D eigenvalue weighted by Gasteiger charge is 2.33. The number of amides is 1. The van der Waals surface area contributed by atoms with E-state index in [2.05, 4.69) is 4.98 Å². The number of thiophene rings is 1. The number of carboxylic acids is 1. The van der Waals surface area contributed by atoms with Gasteiger partial charge in [-0.25, -0.2) is 4.98 Å². The first-order valence-corrected chi connectivity index (χ1v) is 7.37. The summed E-state index contributed by atoms with van der Waals surface area (Å²) >= 11 is 0.875. The number of carboxylic acid groups (broad SMARTS) is 1. The summed E-state index contributed by atoms with van der Waals surface area (Å²) in [7, 11) is 1.45. The van der Waals surface area contributed by atoms with Gasteiger partial charge in [0.25, 0.3) is 5.91 Å². The van der Waals surface area contributed by atoms with E-state index in [1.165, 1.54) is 18.0 Å². The van der Waals surface area contributed by atoms with E-state index in [1.807, 2.05) is 0 Å². The molecule has 2 rings (SSSR count). The lowest BCUT2D eigenvalue weighted by Crippen LogP contribution is -2.28. The van der Waals surface area contributed by atoms with Crippen LogP contribution in [0.5, 0.6) is 0 Å². The fourth-order valence-electron chi connectivity index (χ4n) is 2.00. The summed E-state index contributed by atoms with van der Waals surface area (Å²) < 4.78 is 38.1. The molecule has 2 aromatic heterocycles. The third kappa shape index (κ3) is 3.61. The minimum Gasteiger partial charge on any atom is -0.481 e. The molecule has 0 bridgehead atoms. The first kappa shape index (κ1) is 17.2. The number of halogens is 3. The van der Waals surface area contributed by atoms with Gasteiger partial charge in [0, 0.05) is 19.0 Å². The normalized spacial score (nSPS) is 11.7. The van der Waals surface area contributed by atoms with Crippen LogP contribution in [-0.4, -0.2) is 40.5 Å². The maximum Gasteiger partial charge on any atom is 0.433 e. The molecule has 0 saturated carbocycles. The Bertz CT molecular complexity index is 770. The Morgan fingerprint density at radius 3 is 2.57 bits per heavy atom. The molecule has 9 heteroatoms. The third-order valence-electron chi connectivity index (χ3n) is 3.30. The SMILES string of the molecule is Cc1c(C(=O)N(C)CCC(=O)O)sc2nc(C(F)(F)F)ccc12. The molecule has 0 unspecified atom stereocenters. The molecule has 0 aliphatic heterocycles. The van der Waals surface area contributed by atoms with Crippen LogP contribution in [0.25, 0.3) is 10.2 Å². The molecule has 0 spiro atoms. The second kappa shape index (κ2) is 6.15. The van der Waals surface area contributed by atoms with Crippen LogP contribution in [0.15, 0.2) is 12.1 Å². The molecule has 0 saturated heterocycles. The lowest BCUT2D eigenvalue weighted by Gasteiger charge is -2.15. The number of alkyl halides is 3. The fourth-order valence-corrected chi connectivity index (χ4v) is 3.17. The number of hydrogen-bond acceptors (Lipinski definition) is 4. The Hall–Kier alpha value is -2.16. The van der Waals surface area contributed by atoms with Crippen molar-refractivity contribution in [1.29, 1.82) is 0 Å². The van der Waals surface area contributed by atoms with Crippen molar-refractivity contribution in [1.82, 2.24) is 9.88 Å². The molecule has 5 nitrogen and oxygen atoms in total. The van der Waals surface area contributed by atoms with Crippen molar-refractivity contribution in [2.45, 2.75) is 19.5 Å². The lowest BCUT2D eigenvalue weighted by atomic mass is 10.1. The quantitative estimate of drug-likeness (QED) is 0.923. The Kier molecular flexibility index (Phi) is 4.60. The Morgan fingerprint density at radius 1 is 1.35 bits per heavy atom. The van der Waals surface area contributed by atoms with Crippen molar-refractivity contribution < 1.29 is 27.9 Å². The summed E-state index contributed by atoms with van der Waals surface area (Å²) in [4.78, 5) is 28.1. The first-order chi connectivity index (χ1) is 10.6. The van der Waals surface area contributed by atoms with Gasteiger partial charge >= 0.3 is 12.1 Å². The van der Waals surface area contributed by atoms with Gasteiger partial charge < -0.3 is 10.0 Å². The number of aromatic nitrogens is 1. The summed E-state index contributed by atoms with van der Waals surface area (Å²) in [6.45, 7) is 1.65. The molecule has 0 radical (unpaired) electrons. The molecular formula is C14H13F3N2O3S. The molecule has 0 fully saturated rings. The summed E-state index contributed by atoms with van der Waals surface area (Å²) in [6, 6.07) is 2.18. The van der Waals surface area contributed by atoms with E-state index in [4.69, 9.17) is 5.11 Å². The predicted molar refractivity (Wildman–Crippen MR) is 78.6 cm³/mol. The second-order valence-electron chi connectivity index (χ2n) is 4.97. The number of carbonyl (C=O) groups excluding carboxylic acids is 1. The Labute approximate surface area is 133 Å². The predicted octanol–water partition coefficient (Wildman–Crippen LogP) is 3.17. The van der Waals surface area contributed by atoms with Crippen LogP contribution in [-0.2, 0) is 11.0 Å². The van der Waals surface area contributed by atoms with Crippen molar-refractivity contribution in [3.63, 3.8) is 0 Å². The van der Waals surface area contributed by atoms with E-state index < -0.39 is 23.7 Å². The minimum absolute atomic E-state index is 0.0169. The second-order valence-corrected chi connectivity index (χ2v) is 5.97. The standard InChI is InChI=1S/C14H13F3N2O3S/c1-7-8-3-4-9(14(15,16)17)18-12(8)23-11(7)13(22)19(2)6-5-10(20)21/h3-4H,5-6H2,1-2H3,(H,20,21). The highest BCUT2D eigenvalue weighted by molar-refractivity contribution is 7.20. The topological polar surface area (TPSA) is 70.5 Å². The van der Waals surface area contributed by atoms with E-state index >= 15 is 0 Å². The number of pyridine rings is 1. The zero-order valence-electron chi connectivity index (χ0n) is 12.3. The molecule has 124 valence electrons. The molecule has 0 aliphatic rings. The maximum absolute atomic E-state index is 12.7. The first-order valence-electron chi connectivity index (χ1n) is 6.56. The van der Waals surface area contributed by atoms with Gasteiger partial charge in [-0.05, 0) is 24.6 Å². The molecule has 1 amide bonds. The summed E-state index contributed by atoms with van der Waals surface area (Å²) in [5, 5.41) is 9.12. The van der Waals surface area contributed by atoms with E-state index in [-0.39, 0.29) is 22.7 Å². The number of nitrogens with zero attached hydrogens (tertiary/aromatic N) is 2. The van der Waals surface area contributed by atoms with Crippen LogP contribution in [0.3, 0.4) is 0 Å². The zero-order chi connectivity index (χ0) is 17.4. The van der Waals surface area contributed by atoms with E-state index in [0.717, 1.165) is 17.4 Å². The number of carbonyl (C=O) groups is 2. The van der Waals surface area contributed by atoms with Crippen molar-refractivity contribution in [2.24, 2.45) is 0 Å². The molecule has 2 aromatic rings. The van der Waals surface area contributed by atoms with Crippen molar-refractivity contribution >= 4 is 33.4 Å². The van der Waals surface area contributed by atoms with Gasteiger partial charge in [0.1, 0.15) is 10.5 Å². The fraction of sp³-hybridized carbons (Fsp3) is 0.357. The van der Waals surface area contributed by atoms with Crippen molar-refractivity contribution in [3.8, 4) is 0 Å². The number of aliphatic carboxylic acids is 1. The summed E-state index contributed by atoms with van der Waals surface area (Å²) in [5.41, 5.74) is -0.470. The van der Waals surface area contributed by atoms with Gasteiger partial charge in [0.2, 0.25) is 0 Å². The molecule has 0 aromatic carbocycles. The van der Waals surface area contributed by atoms with Crippen LogP contribution in [0, 0.1) is 6.92 Å². The molecular weight excluding hydrogens is 333 g/mol. The van der Waals surface area contributed by atoms with Crippen molar-refractivity contribution in [2.75, 3.05) is 13.6 Å². The highest BCUT2D eigenvalue weighted by Crippen LogP contribution is 2.34. The number of aryl methyl sites for hydroxylation is 1. The van der Waals surface area contributed by atoms with Gasteiger partial charge in [-0.2, -0.15) is 13.2 Å². The average molecular weight is 346 g/mol. The average Bonchev–Trinajstić information content (AvgIpc) is 2.79. The summed E-state index contributed by atoms with van der Waals surface area (Å²) in [6.07, 6.45) is -4.75. The van der Waals surface area contributed by atoms with Gasteiger partial charge in [-0.1, -0.05) is 0 Å². The van der Waals surface area contributed by atoms with Gasteiger partial charge in [0.15, 0.2) is 0 Å². The zero-order valence-corrected chi connectivity index (χ0v) is 13.1. The van der Waals surface area contributed by atoms with Crippen LogP contribution in [0.1, 0.15) is 27.3 Å². The Balaban J connectivity index is 2.36. The number of fused-ring (bicyclic) bond motifs is 1. The van der Waals surface area contributed by atoms with Crippen LogP contribution >= 0.6 is 11.3 Å². The monoisotopic (exact) mass is 346 g/mol. The van der Waals surface area contributed by atoms with E-state index in [0.29, 0.717) is 10.9 Å². The molecule has 0 aliphatic carbocycles. The van der Waals surface area contributed by atoms with Crippen LogP contribution in [0.2, 0.25) is 0 Å². The van der Waals surface area contributed by atoms with E-state index in [9.17, 15) is 22.8 Å². The number of hydrogen-bond donors (Lipinski definition) is 1. The third-order valence-corrected chi connectivity index (χ3v) is 4.49. The van der Waals surface area contributed by atoms with Crippen molar-refractivity contribution in [3.05, 3.63) is 28.3 Å². The Morgan fingerprint density at radius 2 is 2.00 bits per heavy atom. The van der Waals surface area contributed by atoms with Gasteiger partial charge in [-0.15, -0.1) is 11.3 Å². The lowest BCUT2D eigenvalue weighted by molar-refractivity contribution is -0.141. The highest BCUT2D eigenvalue weighted by atomic mass is 32.1. The maximum atomic E-state index is 12.7. The van der Waals surface area contributed by atoms with E-state index in [1.54, 1.807) is 6.92 Å². The van der Waals surface area contributed by atoms with Crippen LogP contribution in [0.4, 0.5) is 13.2 Å².